The van der Waals surface area contributed by atoms with E-state index in [4.69, 9.17) is 11.6 Å². The first-order valence-corrected chi connectivity index (χ1v) is 11.7. The third-order valence-electron chi connectivity index (χ3n) is 6.50. The van der Waals surface area contributed by atoms with Crippen molar-refractivity contribution in [3.8, 4) is 0 Å². The Balaban J connectivity index is 1.44. The number of hydrogen-bond donors (Lipinski definition) is 0. The van der Waals surface area contributed by atoms with Gasteiger partial charge in [0.15, 0.2) is 0 Å². The molecular weight excluding hydrogens is 432 g/mol. The molecule has 1 fully saturated rings. The number of likely N-dealkylation sites (tertiary alicyclic amines) is 1. The average Bonchev–Trinajstić information content (AvgIpc) is 3.11. The first-order valence-electron chi connectivity index (χ1n) is 11.3. The number of carbonyl (C=O) groups excluding carboxylic acids is 2. The lowest BCUT2D eigenvalue weighted by molar-refractivity contribution is -0.120. The zero-order valence-electron chi connectivity index (χ0n) is 18.3. The van der Waals surface area contributed by atoms with Gasteiger partial charge in [0.25, 0.3) is 11.8 Å². The molecule has 0 atom stereocenters. The fourth-order valence-corrected chi connectivity index (χ4v) is 4.93. The molecule has 0 radical (unpaired) electrons. The van der Waals surface area contributed by atoms with Gasteiger partial charge in [-0.3, -0.25) is 9.59 Å². The molecule has 0 N–H and O–H groups in total. The molecule has 3 aromatic carbocycles. The van der Waals surface area contributed by atoms with Crippen LogP contribution in [-0.4, -0.2) is 29.8 Å². The van der Waals surface area contributed by atoms with E-state index in [2.05, 4.69) is 29.2 Å². The third kappa shape index (κ3) is 4.31. The molecule has 2 aliphatic rings. The van der Waals surface area contributed by atoms with Gasteiger partial charge in [0.05, 0.1) is 11.3 Å². The van der Waals surface area contributed by atoms with Gasteiger partial charge >= 0.3 is 0 Å². The highest BCUT2D eigenvalue weighted by Gasteiger charge is 2.43. The second kappa shape index (κ2) is 9.24. The number of rotatable bonds is 5. The van der Waals surface area contributed by atoms with E-state index >= 15 is 0 Å². The lowest BCUT2D eigenvalue weighted by Gasteiger charge is -2.34. The molecule has 3 aromatic rings. The first kappa shape index (κ1) is 21.5. The van der Waals surface area contributed by atoms with E-state index in [-0.39, 0.29) is 11.8 Å². The van der Waals surface area contributed by atoms with Crippen LogP contribution in [0.1, 0.15) is 24.0 Å². The van der Waals surface area contributed by atoms with E-state index in [0.29, 0.717) is 27.9 Å². The lowest BCUT2D eigenvalue weighted by Crippen LogP contribution is -2.39. The van der Waals surface area contributed by atoms with Gasteiger partial charge in [-0.05, 0) is 60.6 Å². The maximum atomic E-state index is 13.6. The fraction of sp³-hybridized carbons (Fsp3) is 0.214. The molecule has 5 rings (SSSR count). The zero-order valence-corrected chi connectivity index (χ0v) is 19.0. The summed E-state index contributed by atoms with van der Waals surface area (Å²) >= 11 is 6.09. The molecule has 0 aromatic heterocycles. The minimum atomic E-state index is -0.282. The number of nitrogens with zero attached hydrogens (tertiary/aromatic N) is 2. The van der Waals surface area contributed by atoms with Gasteiger partial charge in [-0.25, -0.2) is 4.90 Å². The van der Waals surface area contributed by atoms with Crippen molar-refractivity contribution in [3.05, 3.63) is 107 Å². The maximum absolute atomic E-state index is 13.6. The summed E-state index contributed by atoms with van der Waals surface area (Å²) in [5.74, 6) is 0.0354. The Kier molecular flexibility index (Phi) is 6.01. The van der Waals surface area contributed by atoms with Gasteiger partial charge in [-0.15, -0.1) is 0 Å². The highest BCUT2D eigenvalue weighted by molar-refractivity contribution is 6.45. The van der Waals surface area contributed by atoms with Crippen LogP contribution in [0.4, 0.5) is 5.69 Å². The van der Waals surface area contributed by atoms with Crippen LogP contribution in [-0.2, 0) is 16.0 Å². The highest BCUT2D eigenvalue weighted by Crippen LogP contribution is 2.37. The molecule has 0 unspecified atom stereocenters. The number of anilines is 1. The quantitative estimate of drug-likeness (QED) is 0.470. The van der Waals surface area contributed by atoms with Crippen molar-refractivity contribution in [2.24, 2.45) is 5.92 Å². The minimum Gasteiger partial charge on any atom is -0.366 e. The summed E-state index contributed by atoms with van der Waals surface area (Å²) in [6.45, 7) is 1.51. The number of benzene rings is 3. The number of piperidine rings is 1. The predicted octanol–water partition coefficient (Wildman–Crippen LogP) is 5.58. The first-order chi connectivity index (χ1) is 16.1. The van der Waals surface area contributed by atoms with Crippen molar-refractivity contribution in [1.29, 1.82) is 0 Å². The van der Waals surface area contributed by atoms with Gasteiger partial charge in [0, 0.05) is 18.1 Å². The molecule has 0 aliphatic carbocycles. The Morgan fingerprint density at radius 1 is 0.758 bits per heavy atom. The summed E-state index contributed by atoms with van der Waals surface area (Å²) in [4.78, 5) is 30.6. The van der Waals surface area contributed by atoms with E-state index in [1.807, 2.05) is 36.4 Å². The van der Waals surface area contributed by atoms with Crippen LogP contribution in [0.3, 0.4) is 0 Å². The summed E-state index contributed by atoms with van der Waals surface area (Å²) in [6.07, 6.45) is 3.01. The summed E-state index contributed by atoms with van der Waals surface area (Å²) in [5, 5.41) is 0.597. The van der Waals surface area contributed by atoms with Gasteiger partial charge in [-0.2, -0.15) is 0 Å². The molecule has 2 aliphatic heterocycles. The van der Waals surface area contributed by atoms with E-state index in [1.165, 1.54) is 10.5 Å². The number of imide groups is 1. The van der Waals surface area contributed by atoms with Crippen LogP contribution in [0.2, 0.25) is 5.02 Å². The number of hydrogen-bond acceptors (Lipinski definition) is 3. The van der Waals surface area contributed by atoms with Gasteiger partial charge < -0.3 is 4.90 Å². The van der Waals surface area contributed by atoms with E-state index < -0.39 is 0 Å². The SMILES string of the molecule is O=C1C(c2ccc(Cl)cc2)=C(N2CCC(Cc3ccccc3)CC2)C(=O)N1c1ccccc1. The topological polar surface area (TPSA) is 40.6 Å². The number of para-hydroxylation sites is 1. The van der Waals surface area contributed by atoms with E-state index in [9.17, 15) is 9.59 Å². The number of halogens is 1. The molecule has 1 saturated heterocycles. The zero-order chi connectivity index (χ0) is 22.8. The van der Waals surface area contributed by atoms with Crippen LogP contribution in [0, 0.1) is 5.92 Å². The molecule has 0 spiro atoms. The predicted molar refractivity (Wildman–Crippen MR) is 132 cm³/mol. The summed E-state index contributed by atoms with van der Waals surface area (Å²) in [7, 11) is 0. The number of amides is 2. The smallest absolute Gasteiger partial charge is 0.282 e. The minimum absolute atomic E-state index is 0.252. The summed E-state index contributed by atoms with van der Waals surface area (Å²) in [6, 6.07) is 26.8. The Bertz CT molecular complexity index is 1180. The molecule has 166 valence electrons. The van der Waals surface area contributed by atoms with Crippen molar-refractivity contribution in [1.82, 2.24) is 4.90 Å². The summed E-state index contributed by atoms with van der Waals surface area (Å²) in [5.41, 5.74) is 3.62. The highest BCUT2D eigenvalue weighted by atomic mass is 35.5. The Morgan fingerprint density at radius 2 is 1.36 bits per heavy atom. The van der Waals surface area contributed by atoms with E-state index in [1.54, 1.807) is 24.3 Å². The Labute approximate surface area is 199 Å². The normalized spacial score (nSPS) is 17.2. The molecule has 4 nitrogen and oxygen atoms in total. The van der Waals surface area contributed by atoms with Crippen LogP contribution >= 0.6 is 11.6 Å². The van der Waals surface area contributed by atoms with Crippen molar-refractivity contribution < 1.29 is 9.59 Å². The van der Waals surface area contributed by atoms with Crippen LogP contribution in [0.15, 0.2) is 90.6 Å². The number of carbonyl (C=O) groups is 2. The molecule has 33 heavy (non-hydrogen) atoms. The maximum Gasteiger partial charge on any atom is 0.282 e. The molecule has 2 heterocycles. The molecule has 5 heteroatoms. The third-order valence-corrected chi connectivity index (χ3v) is 6.76. The Hall–Kier alpha value is -3.37. The second-order valence-corrected chi connectivity index (χ2v) is 9.07. The second-order valence-electron chi connectivity index (χ2n) is 8.63. The fourth-order valence-electron chi connectivity index (χ4n) is 4.81. The van der Waals surface area contributed by atoms with Crippen LogP contribution in [0.25, 0.3) is 5.57 Å². The summed E-state index contributed by atoms with van der Waals surface area (Å²) < 4.78 is 0. The average molecular weight is 457 g/mol. The Morgan fingerprint density at radius 3 is 2.00 bits per heavy atom. The van der Waals surface area contributed by atoms with Crippen molar-refractivity contribution in [3.63, 3.8) is 0 Å². The van der Waals surface area contributed by atoms with Gasteiger partial charge in [0.1, 0.15) is 5.70 Å². The van der Waals surface area contributed by atoms with Gasteiger partial charge in [-0.1, -0.05) is 72.3 Å². The molecule has 2 amide bonds. The van der Waals surface area contributed by atoms with Crippen molar-refractivity contribution >= 4 is 34.7 Å². The van der Waals surface area contributed by atoms with E-state index in [0.717, 1.165) is 37.9 Å². The molecule has 0 bridgehead atoms. The van der Waals surface area contributed by atoms with Crippen LogP contribution < -0.4 is 4.90 Å². The van der Waals surface area contributed by atoms with Crippen molar-refractivity contribution in [2.45, 2.75) is 19.3 Å². The standard InChI is InChI=1S/C28H25ClN2O2/c29-23-13-11-22(12-14-23)25-26(28(33)31(27(25)32)24-9-5-2-6-10-24)30-17-15-21(16-18-30)19-20-7-3-1-4-8-20/h1-14,21H,15-19H2. The lowest BCUT2D eigenvalue weighted by atomic mass is 9.89. The van der Waals surface area contributed by atoms with Crippen molar-refractivity contribution in [2.75, 3.05) is 18.0 Å². The molecule has 0 saturated carbocycles. The van der Waals surface area contributed by atoms with Crippen LogP contribution in [0.5, 0.6) is 0 Å². The van der Waals surface area contributed by atoms with Gasteiger partial charge in [0.2, 0.25) is 0 Å². The largest absolute Gasteiger partial charge is 0.366 e. The monoisotopic (exact) mass is 456 g/mol. The molecular formula is C28H25ClN2O2.